The second kappa shape index (κ2) is 8.12. The third kappa shape index (κ3) is 4.88. The van der Waals surface area contributed by atoms with Crippen LogP contribution in [0.2, 0.25) is 0 Å². The van der Waals surface area contributed by atoms with Crippen molar-refractivity contribution in [1.29, 1.82) is 0 Å². The zero-order chi connectivity index (χ0) is 20.4. The van der Waals surface area contributed by atoms with Gasteiger partial charge in [-0.05, 0) is 43.9 Å². The van der Waals surface area contributed by atoms with Crippen LogP contribution >= 0.6 is 0 Å². The number of anilines is 1. The zero-order valence-corrected chi connectivity index (χ0v) is 17.9. The summed E-state index contributed by atoms with van der Waals surface area (Å²) in [5, 5.41) is 3.09. The van der Waals surface area contributed by atoms with Crippen LogP contribution in [0.1, 0.15) is 61.2 Å². The number of benzene rings is 1. The molecule has 1 N–H and O–H groups in total. The summed E-state index contributed by atoms with van der Waals surface area (Å²) in [7, 11) is 1.60. The Hall–Kier alpha value is -2.36. The van der Waals surface area contributed by atoms with Crippen LogP contribution in [0.25, 0.3) is 0 Å². The SMILES string of the molecule is CCc1c(C)nc(OC)c(NC(=O)C(C)(C)C)c1Cc1cc(C)cc(C)c1. The monoisotopic (exact) mass is 368 g/mol. The van der Waals surface area contributed by atoms with Gasteiger partial charge >= 0.3 is 0 Å². The molecule has 4 heteroatoms. The van der Waals surface area contributed by atoms with Gasteiger partial charge in [0.25, 0.3) is 0 Å². The number of nitrogens with zero attached hydrogens (tertiary/aromatic N) is 1. The van der Waals surface area contributed by atoms with Crippen LogP contribution in [0.3, 0.4) is 0 Å². The van der Waals surface area contributed by atoms with Crippen molar-refractivity contribution < 1.29 is 9.53 Å². The van der Waals surface area contributed by atoms with E-state index in [-0.39, 0.29) is 5.91 Å². The third-order valence-electron chi connectivity index (χ3n) is 4.71. The molecule has 0 aliphatic rings. The van der Waals surface area contributed by atoms with Crippen LogP contribution in [0, 0.1) is 26.2 Å². The fraction of sp³-hybridized carbons (Fsp3) is 0.478. The first kappa shape index (κ1) is 20.9. The Bertz CT molecular complexity index is 828. The molecule has 1 amide bonds. The standard InChI is InChI=1S/C23H32N2O2/c1-9-18-16(4)24-21(27-8)20(25-22(26)23(5,6)7)19(18)13-17-11-14(2)10-15(3)12-17/h10-12H,9,13H2,1-8H3,(H,25,26). The second-order valence-corrected chi connectivity index (χ2v) is 8.27. The Morgan fingerprint density at radius 2 is 1.67 bits per heavy atom. The average Bonchev–Trinajstić information content (AvgIpc) is 2.55. The maximum Gasteiger partial charge on any atom is 0.238 e. The molecule has 27 heavy (non-hydrogen) atoms. The number of carbonyl (C=O) groups excluding carboxylic acids is 1. The van der Waals surface area contributed by atoms with E-state index in [2.05, 4.69) is 49.3 Å². The number of hydrogen-bond acceptors (Lipinski definition) is 3. The molecular weight excluding hydrogens is 336 g/mol. The van der Waals surface area contributed by atoms with Crippen LogP contribution in [0.4, 0.5) is 5.69 Å². The summed E-state index contributed by atoms with van der Waals surface area (Å²) in [6.07, 6.45) is 1.58. The first-order chi connectivity index (χ1) is 12.6. The van der Waals surface area contributed by atoms with Gasteiger partial charge < -0.3 is 10.1 Å². The van der Waals surface area contributed by atoms with Crippen molar-refractivity contribution in [3.8, 4) is 5.88 Å². The lowest BCUT2D eigenvalue weighted by molar-refractivity contribution is -0.123. The number of aromatic nitrogens is 1. The Balaban J connectivity index is 2.64. The zero-order valence-electron chi connectivity index (χ0n) is 17.9. The highest BCUT2D eigenvalue weighted by Crippen LogP contribution is 2.34. The molecule has 2 aromatic rings. The summed E-state index contributed by atoms with van der Waals surface area (Å²) in [5.41, 5.74) is 7.09. The normalized spacial score (nSPS) is 11.4. The van der Waals surface area contributed by atoms with Gasteiger partial charge in [0, 0.05) is 17.5 Å². The molecule has 0 aliphatic heterocycles. The van der Waals surface area contributed by atoms with E-state index in [1.165, 1.54) is 22.3 Å². The third-order valence-corrected chi connectivity index (χ3v) is 4.71. The molecule has 0 saturated carbocycles. The molecule has 0 unspecified atom stereocenters. The molecule has 1 aromatic heterocycles. The van der Waals surface area contributed by atoms with E-state index >= 15 is 0 Å². The van der Waals surface area contributed by atoms with Gasteiger partial charge in [0.2, 0.25) is 11.8 Å². The van der Waals surface area contributed by atoms with Crippen LogP contribution in [0.15, 0.2) is 18.2 Å². The maximum absolute atomic E-state index is 12.7. The predicted octanol–water partition coefficient (Wildman–Crippen LogP) is 5.15. The van der Waals surface area contributed by atoms with E-state index in [4.69, 9.17) is 4.74 Å². The van der Waals surface area contributed by atoms with Gasteiger partial charge in [-0.15, -0.1) is 0 Å². The second-order valence-electron chi connectivity index (χ2n) is 8.27. The Morgan fingerprint density at radius 1 is 1.07 bits per heavy atom. The van der Waals surface area contributed by atoms with Gasteiger partial charge in [-0.25, -0.2) is 4.98 Å². The largest absolute Gasteiger partial charge is 0.479 e. The molecule has 0 fully saturated rings. The number of hydrogen-bond donors (Lipinski definition) is 1. The van der Waals surface area contributed by atoms with Crippen molar-refractivity contribution in [2.24, 2.45) is 5.41 Å². The molecule has 1 aromatic carbocycles. The van der Waals surface area contributed by atoms with Crippen molar-refractivity contribution in [2.45, 2.75) is 61.3 Å². The van der Waals surface area contributed by atoms with Gasteiger partial charge in [-0.2, -0.15) is 0 Å². The quantitative estimate of drug-likeness (QED) is 0.794. The minimum atomic E-state index is -0.501. The molecular formula is C23H32N2O2. The summed E-state index contributed by atoms with van der Waals surface area (Å²) < 4.78 is 5.54. The molecule has 2 rings (SSSR count). The molecule has 0 bridgehead atoms. The van der Waals surface area contributed by atoms with Crippen molar-refractivity contribution >= 4 is 11.6 Å². The Kier molecular flexibility index (Phi) is 6.30. The molecule has 0 spiro atoms. The fourth-order valence-corrected chi connectivity index (χ4v) is 3.39. The number of methoxy groups -OCH3 is 1. The highest BCUT2D eigenvalue weighted by atomic mass is 16.5. The van der Waals surface area contributed by atoms with Crippen LogP contribution in [-0.2, 0) is 17.6 Å². The number of ether oxygens (including phenoxy) is 1. The van der Waals surface area contributed by atoms with Crippen LogP contribution in [-0.4, -0.2) is 18.0 Å². The molecule has 1 heterocycles. The average molecular weight is 369 g/mol. The molecule has 146 valence electrons. The van der Waals surface area contributed by atoms with Crippen molar-refractivity contribution in [3.05, 3.63) is 51.7 Å². The fourth-order valence-electron chi connectivity index (χ4n) is 3.39. The summed E-state index contributed by atoms with van der Waals surface area (Å²) in [4.78, 5) is 17.3. The first-order valence-corrected chi connectivity index (χ1v) is 9.51. The lowest BCUT2D eigenvalue weighted by Gasteiger charge is -2.23. The van der Waals surface area contributed by atoms with Gasteiger partial charge in [-0.3, -0.25) is 4.79 Å². The maximum atomic E-state index is 12.7. The van der Waals surface area contributed by atoms with E-state index in [0.29, 0.717) is 11.6 Å². The minimum absolute atomic E-state index is 0.0461. The van der Waals surface area contributed by atoms with Gasteiger partial charge in [-0.1, -0.05) is 57.0 Å². The highest BCUT2D eigenvalue weighted by molar-refractivity contribution is 5.96. The first-order valence-electron chi connectivity index (χ1n) is 9.51. The number of nitrogens with one attached hydrogen (secondary N) is 1. The smallest absolute Gasteiger partial charge is 0.238 e. The lowest BCUT2D eigenvalue weighted by Crippen LogP contribution is -2.29. The van der Waals surface area contributed by atoms with Crippen molar-refractivity contribution in [3.63, 3.8) is 0 Å². The number of pyridine rings is 1. The van der Waals surface area contributed by atoms with E-state index < -0.39 is 5.41 Å². The molecule has 0 radical (unpaired) electrons. The van der Waals surface area contributed by atoms with Gasteiger partial charge in [0.15, 0.2) is 0 Å². The number of aryl methyl sites for hydroxylation is 3. The topological polar surface area (TPSA) is 51.2 Å². The van der Waals surface area contributed by atoms with E-state index in [1.807, 2.05) is 27.7 Å². The Labute approximate surface area is 163 Å². The number of carbonyl (C=O) groups is 1. The number of rotatable bonds is 5. The highest BCUT2D eigenvalue weighted by Gasteiger charge is 2.26. The van der Waals surface area contributed by atoms with E-state index in [1.54, 1.807) is 7.11 Å². The van der Waals surface area contributed by atoms with Gasteiger partial charge in [0.1, 0.15) is 5.69 Å². The van der Waals surface area contributed by atoms with Crippen LogP contribution in [0.5, 0.6) is 5.88 Å². The van der Waals surface area contributed by atoms with E-state index in [0.717, 1.165) is 24.1 Å². The summed E-state index contributed by atoms with van der Waals surface area (Å²) in [6.45, 7) is 14.1. The van der Waals surface area contributed by atoms with E-state index in [9.17, 15) is 4.79 Å². The number of amides is 1. The van der Waals surface area contributed by atoms with Crippen molar-refractivity contribution in [2.75, 3.05) is 12.4 Å². The Morgan fingerprint density at radius 3 is 2.15 bits per heavy atom. The molecule has 0 aliphatic carbocycles. The summed E-state index contributed by atoms with van der Waals surface area (Å²) in [6, 6.07) is 6.57. The lowest BCUT2D eigenvalue weighted by atomic mass is 9.92. The van der Waals surface area contributed by atoms with Gasteiger partial charge in [0.05, 0.1) is 7.11 Å². The van der Waals surface area contributed by atoms with Crippen molar-refractivity contribution in [1.82, 2.24) is 4.98 Å². The van der Waals surface area contributed by atoms with Crippen LogP contribution < -0.4 is 10.1 Å². The summed E-state index contributed by atoms with van der Waals surface area (Å²) in [5.74, 6) is 0.428. The molecule has 4 nitrogen and oxygen atoms in total. The molecule has 0 saturated heterocycles. The predicted molar refractivity (Wildman–Crippen MR) is 112 cm³/mol. The summed E-state index contributed by atoms with van der Waals surface area (Å²) >= 11 is 0. The minimum Gasteiger partial charge on any atom is -0.479 e. The molecule has 0 atom stereocenters.